The molecule has 0 aromatic heterocycles. The van der Waals surface area contributed by atoms with E-state index >= 15 is 0 Å². The number of phenolic OH excluding ortho intramolecular Hbond substituents is 2. The van der Waals surface area contributed by atoms with E-state index in [4.69, 9.17) is 23.7 Å². The first-order chi connectivity index (χ1) is 18.9. The molecular formula is C31H32O8. The van der Waals surface area contributed by atoms with Crippen LogP contribution in [0.15, 0.2) is 60.7 Å². The molecular weight excluding hydrogens is 500 g/mol. The van der Waals surface area contributed by atoms with Gasteiger partial charge in [0.15, 0.2) is 28.8 Å². The molecule has 0 radical (unpaired) electrons. The van der Waals surface area contributed by atoms with Crippen molar-refractivity contribution in [3.8, 4) is 28.7 Å². The molecule has 0 saturated carbocycles. The number of ketones is 1. The lowest BCUT2D eigenvalue weighted by atomic mass is 9.84. The van der Waals surface area contributed by atoms with Crippen molar-refractivity contribution in [1.82, 2.24) is 0 Å². The van der Waals surface area contributed by atoms with Crippen molar-refractivity contribution in [2.75, 3.05) is 34.5 Å². The Morgan fingerprint density at radius 2 is 1.41 bits per heavy atom. The van der Waals surface area contributed by atoms with Crippen molar-refractivity contribution in [2.24, 2.45) is 11.8 Å². The average Bonchev–Trinajstić information content (AvgIpc) is 3.56. The fraction of sp³-hybridized carbons (Fsp3) is 0.323. The Morgan fingerprint density at radius 1 is 0.795 bits per heavy atom. The maximum Gasteiger partial charge on any atom is 0.161 e. The Labute approximate surface area is 227 Å². The van der Waals surface area contributed by atoms with Gasteiger partial charge in [-0.1, -0.05) is 30.3 Å². The van der Waals surface area contributed by atoms with Gasteiger partial charge in [-0.25, -0.2) is 0 Å². The second kappa shape index (κ2) is 11.4. The Kier molecular flexibility index (Phi) is 7.77. The molecule has 0 bridgehead atoms. The van der Waals surface area contributed by atoms with E-state index < -0.39 is 0 Å². The smallest absolute Gasteiger partial charge is 0.161 e. The molecule has 2 heterocycles. The van der Waals surface area contributed by atoms with Crippen molar-refractivity contribution < 1.29 is 38.7 Å². The summed E-state index contributed by atoms with van der Waals surface area (Å²) in [5, 5.41) is 19.1. The fourth-order valence-electron chi connectivity index (χ4n) is 5.43. The van der Waals surface area contributed by atoms with Gasteiger partial charge in [0.25, 0.3) is 0 Å². The SMILES string of the molecule is COc1cc([C@H]2OC[C@H]3[C@H]2CO[C@@H]3c2ccc(OC)c(OC)c2)ccc1CC(=O)C=Cc1ccc(O)c(O)c1. The Morgan fingerprint density at radius 3 is 2.03 bits per heavy atom. The summed E-state index contributed by atoms with van der Waals surface area (Å²) in [6.07, 6.45) is 2.98. The molecule has 3 aromatic rings. The number of hydrogen-bond donors (Lipinski definition) is 2. The standard InChI is InChI=1S/C31H32O8/c1-35-27-11-8-21(15-29(27)37-3)31-24-17-38-30(23(24)16-39-31)20-7-6-19(28(14-20)36-2)13-22(32)9-4-18-5-10-25(33)26(34)12-18/h4-12,14-15,23-24,30-31,33-34H,13,16-17H2,1-3H3/t23-,24+,30-,31-/m1/s1. The van der Waals surface area contributed by atoms with Crippen molar-refractivity contribution in [2.45, 2.75) is 18.6 Å². The number of methoxy groups -OCH3 is 3. The molecule has 0 spiro atoms. The number of rotatable bonds is 9. The van der Waals surface area contributed by atoms with Crippen LogP contribution in [0.2, 0.25) is 0 Å². The number of hydrogen-bond acceptors (Lipinski definition) is 8. The highest BCUT2D eigenvalue weighted by Gasteiger charge is 2.48. The van der Waals surface area contributed by atoms with Crippen molar-refractivity contribution in [1.29, 1.82) is 0 Å². The molecule has 204 valence electrons. The molecule has 0 aliphatic carbocycles. The maximum absolute atomic E-state index is 12.6. The number of fused-ring (bicyclic) bond motifs is 1. The van der Waals surface area contributed by atoms with Gasteiger partial charge >= 0.3 is 0 Å². The number of allylic oxidation sites excluding steroid dienone is 1. The zero-order valence-corrected chi connectivity index (χ0v) is 22.1. The fourth-order valence-corrected chi connectivity index (χ4v) is 5.43. The zero-order chi connectivity index (χ0) is 27.5. The van der Waals surface area contributed by atoms with Gasteiger partial charge in [-0.05, 0) is 53.1 Å². The van der Waals surface area contributed by atoms with E-state index in [1.165, 1.54) is 18.2 Å². The Bertz CT molecular complexity index is 1380. The second-order valence-corrected chi connectivity index (χ2v) is 9.75. The van der Waals surface area contributed by atoms with Gasteiger partial charge in [0.05, 0.1) is 46.8 Å². The number of aromatic hydroxyl groups is 2. The van der Waals surface area contributed by atoms with E-state index in [0.717, 1.165) is 16.7 Å². The Balaban J connectivity index is 1.28. The summed E-state index contributed by atoms with van der Waals surface area (Å²) >= 11 is 0. The average molecular weight is 533 g/mol. The normalized spacial score (nSPS) is 22.1. The molecule has 2 aliphatic heterocycles. The molecule has 0 amide bonds. The summed E-state index contributed by atoms with van der Waals surface area (Å²) in [6.45, 7) is 1.16. The zero-order valence-electron chi connectivity index (χ0n) is 22.1. The van der Waals surface area contributed by atoms with Gasteiger partial charge in [0.1, 0.15) is 5.75 Å². The molecule has 5 rings (SSSR count). The third kappa shape index (κ3) is 5.44. The lowest BCUT2D eigenvalue weighted by molar-refractivity contribution is -0.114. The summed E-state index contributed by atoms with van der Waals surface area (Å²) in [7, 11) is 4.83. The lowest BCUT2D eigenvalue weighted by Gasteiger charge is -2.19. The number of carbonyl (C=O) groups is 1. The molecule has 2 aliphatic rings. The van der Waals surface area contributed by atoms with Crippen LogP contribution in [0.3, 0.4) is 0 Å². The van der Waals surface area contributed by atoms with Crippen LogP contribution in [-0.2, 0) is 20.7 Å². The largest absolute Gasteiger partial charge is 0.504 e. The van der Waals surface area contributed by atoms with E-state index in [2.05, 4.69) is 0 Å². The highest BCUT2D eigenvalue weighted by Crippen LogP contribution is 2.51. The van der Waals surface area contributed by atoms with Gasteiger partial charge in [-0.3, -0.25) is 4.79 Å². The molecule has 0 unspecified atom stereocenters. The number of carbonyl (C=O) groups excluding carboxylic acids is 1. The highest BCUT2D eigenvalue weighted by atomic mass is 16.5. The Hall–Kier alpha value is -4.01. The molecule has 39 heavy (non-hydrogen) atoms. The summed E-state index contributed by atoms with van der Waals surface area (Å²) in [6, 6.07) is 16.1. The summed E-state index contributed by atoms with van der Waals surface area (Å²) < 4.78 is 29.0. The first-order valence-electron chi connectivity index (χ1n) is 12.8. The number of benzene rings is 3. The number of ether oxygens (including phenoxy) is 5. The molecule has 8 heteroatoms. The minimum Gasteiger partial charge on any atom is -0.504 e. The van der Waals surface area contributed by atoms with Gasteiger partial charge in [0, 0.05) is 23.8 Å². The van der Waals surface area contributed by atoms with Gasteiger partial charge < -0.3 is 33.9 Å². The van der Waals surface area contributed by atoms with Crippen LogP contribution in [0.5, 0.6) is 28.7 Å². The van der Waals surface area contributed by atoms with Crippen molar-refractivity contribution in [3.05, 3.63) is 82.9 Å². The maximum atomic E-state index is 12.6. The van der Waals surface area contributed by atoms with Gasteiger partial charge in [-0.15, -0.1) is 0 Å². The monoisotopic (exact) mass is 532 g/mol. The highest BCUT2D eigenvalue weighted by molar-refractivity contribution is 5.95. The third-order valence-electron chi connectivity index (χ3n) is 7.47. The molecule has 4 atom stereocenters. The molecule has 2 saturated heterocycles. The van der Waals surface area contributed by atoms with Crippen molar-refractivity contribution in [3.63, 3.8) is 0 Å². The van der Waals surface area contributed by atoms with Crippen LogP contribution in [0.1, 0.15) is 34.5 Å². The van der Waals surface area contributed by atoms with E-state index in [9.17, 15) is 15.0 Å². The minimum absolute atomic E-state index is 0.0964. The second-order valence-electron chi connectivity index (χ2n) is 9.75. The molecule has 2 fully saturated rings. The number of phenols is 2. The first-order valence-corrected chi connectivity index (χ1v) is 12.8. The van der Waals surface area contributed by atoms with E-state index in [1.54, 1.807) is 33.5 Å². The molecule has 3 aromatic carbocycles. The van der Waals surface area contributed by atoms with Gasteiger partial charge in [-0.2, -0.15) is 0 Å². The summed E-state index contributed by atoms with van der Waals surface area (Å²) in [4.78, 5) is 12.6. The lowest BCUT2D eigenvalue weighted by Crippen LogP contribution is -2.15. The van der Waals surface area contributed by atoms with Gasteiger partial charge in [0.2, 0.25) is 0 Å². The van der Waals surface area contributed by atoms with E-state index in [-0.39, 0.29) is 47.7 Å². The van der Waals surface area contributed by atoms with Crippen LogP contribution in [0, 0.1) is 11.8 Å². The van der Waals surface area contributed by atoms with Crippen molar-refractivity contribution >= 4 is 11.9 Å². The van der Waals surface area contributed by atoms with Crippen LogP contribution < -0.4 is 14.2 Å². The first kappa shape index (κ1) is 26.6. The molecule has 8 nitrogen and oxygen atoms in total. The van der Waals surface area contributed by atoms with Crippen LogP contribution in [0.25, 0.3) is 6.08 Å². The minimum atomic E-state index is -0.235. The third-order valence-corrected chi connectivity index (χ3v) is 7.47. The van der Waals surface area contributed by atoms with Crippen LogP contribution in [-0.4, -0.2) is 50.5 Å². The van der Waals surface area contributed by atoms with Crippen LogP contribution >= 0.6 is 0 Å². The van der Waals surface area contributed by atoms with E-state index in [1.807, 2.05) is 36.4 Å². The molecule has 2 N–H and O–H groups in total. The quantitative estimate of drug-likeness (QED) is 0.292. The predicted octanol–water partition coefficient (Wildman–Crippen LogP) is 5.02. The van der Waals surface area contributed by atoms with E-state index in [0.29, 0.717) is 36.0 Å². The van der Waals surface area contributed by atoms with Crippen LogP contribution in [0.4, 0.5) is 0 Å². The predicted molar refractivity (Wildman–Crippen MR) is 144 cm³/mol. The topological polar surface area (TPSA) is 104 Å². The summed E-state index contributed by atoms with van der Waals surface area (Å²) in [5.74, 6) is 1.80. The summed E-state index contributed by atoms with van der Waals surface area (Å²) in [5.41, 5.74) is 3.40.